The molecule has 1 amide bonds. The molecule has 31 heavy (non-hydrogen) atoms. The zero-order valence-electron chi connectivity index (χ0n) is 16.7. The van der Waals surface area contributed by atoms with Crippen LogP contribution in [0.3, 0.4) is 0 Å². The maximum Gasteiger partial charge on any atom is 0.240 e. The van der Waals surface area contributed by atoms with Crippen molar-refractivity contribution in [2.45, 2.75) is 24.8 Å². The van der Waals surface area contributed by atoms with E-state index in [1.54, 1.807) is 35.2 Å². The molecule has 0 radical (unpaired) electrons. The lowest BCUT2D eigenvalue weighted by atomic mass is 10.2. The Labute approximate surface area is 179 Å². The summed E-state index contributed by atoms with van der Waals surface area (Å²) in [5.74, 6) is 0.112. The van der Waals surface area contributed by atoms with E-state index in [2.05, 4.69) is 9.71 Å². The van der Waals surface area contributed by atoms with Crippen LogP contribution in [-0.2, 0) is 27.8 Å². The van der Waals surface area contributed by atoms with E-state index in [-0.39, 0.29) is 23.2 Å². The summed E-state index contributed by atoms with van der Waals surface area (Å²) in [6.45, 7) is 2.09. The number of pyridine rings is 1. The fraction of sp³-hybridized carbons (Fsp3) is 0.182. The molecule has 0 aliphatic carbocycles. The third-order valence-corrected chi connectivity index (χ3v) is 6.32. The largest absolute Gasteiger partial charge is 0.439 e. The number of carbonyl (C=O) groups excluding carboxylic acids is 1. The molecular weight excluding hydrogens is 421 g/mol. The minimum Gasteiger partial charge on any atom is -0.439 e. The van der Waals surface area contributed by atoms with Gasteiger partial charge in [-0.15, -0.1) is 0 Å². The fourth-order valence-electron chi connectivity index (χ4n) is 3.36. The number of carbonyl (C=O) groups is 1. The van der Waals surface area contributed by atoms with Crippen molar-refractivity contribution in [1.29, 1.82) is 0 Å². The van der Waals surface area contributed by atoms with Gasteiger partial charge in [-0.3, -0.25) is 4.79 Å². The molecule has 0 unspecified atom stereocenters. The third kappa shape index (κ3) is 4.73. The summed E-state index contributed by atoms with van der Waals surface area (Å²) in [6.07, 6.45) is 2.11. The van der Waals surface area contributed by atoms with Gasteiger partial charge in [0.15, 0.2) is 0 Å². The lowest BCUT2D eigenvalue weighted by Crippen LogP contribution is -2.26. The molecule has 9 heteroatoms. The van der Waals surface area contributed by atoms with Crippen LogP contribution in [-0.4, -0.2) is 25.9 Å². The van der Waals surface area contributed by atoms with Crippen molar-refractivity contribution in [2.75, 3.05) is 11.4 Å². The van der Waals surface area contributed by atoms with Crippen molar-refractivity contribution in [2.24, 2.45) is 0 Å². The van der Waals surface area contributed by atoms with Gasteiger partial charge in [0.1, 0.15) is 11.6 Å². The highest BCUT2D eigenvalue weighted by Crippen LogP contribution is 2.30. The van der Waals surface area contributed by atoms with E-state index in [9.17, 15) is 17.6 Å². The summed E-state index contributed by atoms with van der Waals surface area (Å²) < 4.78 is 46.6. The lowest BCUT2D eigenvalue weighted by molar-refractivity contribution is -0.116. The highest BCUT2D eigenvalue weighted by Gasteiger charge is 2.24. The van der Waals surface area contributed by atoms with Gasteiger partial charge in [-0.1, -0.05) is 12.1 Å². The molecule has 7 nitrogen and oxygen atoms in total. The first-order valence-electron chi connectivity index (χ1n) is 9.61. The number of halogens is 1. The molecule has 0 spiro atoms. The van der Waals surface area contributed by atoms with E-state index in [1.165, 1.54) is 37.4 Å². The Bertz CT molecular complexity index is 1230. The number of hydrogen-bond donors (Lipinski definition) is 1. The summed E-state index contributed by atoms with van der Waals surface area (Å²) >= 11 is 0. The topological polar surface area (TPSA) is 88.6 Å². The standard InChI is InChI=1S/C22H20FN3O4S/c1-15(27)26-10-9-17-11-20(6-7-21(17)26)31(28,29)25-14-16-5-8-22(24-13-16)30-19-4-2-3-18(23)12-19/h2-8,11-13,25H,9-10,14H2,1H3. The first kappa shape index (κ1) is 21.0. The van der Waals surface area contributed by atoms with E-state index >= 15 is 0 Å². The first-order valence-corrected chi connectivity index (χ1v) is 11.1. The molecule has 0 saturated carbocycles. The van der Waals surface area contributed by atoms with E-state index < -0.39 is 15.8 Å². The second-order valence-electron chi connectivity index (χ2n) is 7.10. The van der Waals surface area contributed by atoms with E-state index in [1.807, 2.05) is 0 Å². The molecule has 1 aliphatic heterocycles. The van der Waals surface area contributed by atoms with Crippen molar-refractivity contribution in [1.82, 2.24) is 9.71 Å². The molecule has 1 aromatic heterocycles. The number of ether oxygens (including phenoxy) is 1. The minimum absolute atomic E-state index is 0.0479. The van der Waals surface area contributed by atoms with Crippen molar-refractivity contribution in [3.05, 3.63) is 77.7 Å². The Morgan fingerprint density at radius 2 is 2.03 bits per heavy atom. The average Bonchev–Trinajstić information content (AvgIpc) is 3.17. The molecule has 2 heterocycles. The molecule has 3 aromatic rings. The number of benzene rings is 2. The van der Waals surface area contributed by atoms with Gasteiger partial charge in [-0.05, 0) is 47.9 Å². The van der Waals surface area contributed by atoms with Crippen molar-refractivity contribution in [3.63, 3.8) is 0 Å². The number of nitrogens with zero attached hydrogens (tertiary/aromatic N) is 2. The summed E-state index contributed by atoms with van der Waals surface area (Å²) in [7, 11) is -3.74. The molecule has 0 atom stereocenters. The van der Waals surface area contributed by atoms with Crippen LogP contribution in [0.5, 0.6) is 11.6 Å². The molecule has 0 fully saturated rings. The number of hydrogen-bond acceptors (Lipinski definition) is 5. The summed E-state index contributed by atoms with van der Waals surface area (Å²) in [4.78, 5) is 17.6. The van der Waals surface area contributed by atoms with Gasteiger partial charge in [-0.25, -0.2) is 22.5 Å². The molecule has 2 aromatic carbocycles. The molecule has 1 N–H and O–H groups in total. The number of rotatable bonds is 6. The highest BCUT2D eigenvalue weighted by atomic mass is 32.2. The van der Waals surface area contributed by atoms with E-state index in [0.29, 0.717) is 24.3 Å². The quantitative estimate of drug-likeness (QED) is 0.633. The monoisotopic (exact) mass is 441 g/mol. The Balaban J connectivity index is 1.41. The first-order chi connectivity index (χ1) is 14.8. The van der Waals surface area contributed by atoms with Crippen LogP contribution in [0.25, 0.3) is 0 Å². The number of fused-ring (bicyclic) bond motifs is 1. The Kier molecular flexibility index (Phi) is 5.71. The smallest absolute Gasteiger partial charge is 0.240 e. The number of sulfonamides is 1. The Hall–Kier alpha value is -3.30. The lowest BCUT2D eigenvalue weighted by Gasteiger charge is -2.15. The molecule has 1 aliphatic rings. The van der Waals surface area contributed by atoms with Crippen LogP contribution in [0.15, 0.2) is 65.7 Å². The number of nitrogens with one attached hydrogen (secondary N) is 1. The molecule has 160 valence electrons. The van der Waals surface area contributed by atoms with E-state index in [0.717, 1.165) is 11.3 Å². The second kappa shape index (κ2) is 8.44. The fourth-order valence-corrected chi connectivity index (χ4v) is 4.43. The Morgan fingerprint density at radius 1 is 1.19 bits per heavy atom. The summed E-state index contributed by atoms with van der Waals surface area (Å²) in [6, 6.07) is 13.7. The highest BCUT2D eigenvalue weighted by molar-refractivity contribution is 7.89. The maximum absolute atomic E-state index is 13.2. The van der Waals surface area contributed by atoms with Gasteiger partial charge in [-0.2, -0.15) is 0 Å². The molecule has 0 bridgehead atoms. The molecular formula is C22H20FN3O4S. The summed E-state index contributed by atoms with van der Waals surface area (Å²) in [5, 5.41) is 0. The van der Waals surface area contributed by atoms with Gasteiger partial charge >= 0.3 is 0 Å². The third-order valence-electron chi connectivity index (χ3n) is 4.92. The average molecular weight is 441 g/mol. The predicted octanol–water partition coefficient (Wildman–Crippen LogP) is 3.40. The van der Waals surface area contributed by atoms with Gasteiger partial charge in [0.05, 0.1) is 4.90 Å². The SMILES string of the molecule is CC(=O)N1CCc2cc(S(=O)(=O)NCc3ccc(Oc4cccc(F)c4)nc3)ccc21. The Morgan fingerprint density at radius 3 is 2.74 bits per heavy atom. The van der Waals surface area contributed by atoms with Gasteiger partial charge in [0.2, 0.25) is 21.8 Å². The minimum atomic E-state index is -3.74. The molecule has 0 saturated heterocycles. The zero-order chi connectivity index (χ0) is 22.0. The van der Waals surface area contributed by atoms with Gasteiger partial charge in [0, 0.05) is 44.0 Å². The number of anilines is 1. The van der Waals surface area contributed by atoms with Crippen molar-refractivity contribution in [3.8, 4) is 11.6 Å². The maximum atomic E-state index is 13.2. The van der Waals surface area contributed by atoms with Crippen molar-refractivity contribution >= 4 is 21.6 Å². The van der Waals surface area contributed by atoms with Crippen LogP contribution >= 0.6 is 0 Å². The van der Waals surface area contributed by atoms with Crippen LogP contribution < -0.4 is 14.4 Å². The number of aromatic nitrogens is 1. The van der Waals surface area contributed by atoms with Gasteiger partial charge < -0.3 is 9.64 Å². The molecule has 4 rings (SSSR count). The normalized spacial score (nSPS) is 13.2. The number of amides is 1. The van der Waals surface area contributed by atoms with Crippen LogP contribution in [0.1, 0.15) is 18.1 Å². The van der Waals surface area contributed by atoms with Crippen LogP contribution in [0, 0.1) is 5.82 Å². The van der Waals surface area contributed by atoms with Crippen molar-refractivity contribution < 1.29 is 22.3 Å². The van der Waals surface area contributed by atoms with Crippen LogP contribution in [0.2, 0.25) is 0 Å². The zero-order valence-corrected chi connectivity index (χ0v) is 17.5. The van der Waals surface area contributed by atoms with Crippen LogP contribution in [0.4, 0.5) is 10.1 Å². The summed E-state index contributed by atoms with van der Waals surface area (Å²) in [5.41, 5.74) is 2.22. The van der Waals surface area contributed by atoms with Gasteiger partial charge in [0.25, 0.3) is 0 Å². The van der Waals surface area contributed by atoms with E-state index in [4.69, 9.17) is 4.74 Å². The predicted molar refractivity (Wildman–Crippen MR) is 113 cm³/mol. The second-order valence-corrected chi connectivity index (χ2v) is 8.87.